The van der Waals surface area contributed by atoms with Gasteiger partial charge in [0, 0.05) is 13.5 Å². The van der Waals surface area contributed by atoms with Gasteiger partial charge in [0.25, 0.3) is 0 Å². The monoisotopic (exact) mass is 383 g/mol. The van der Waals surface area contributed by atoms with E-state index in [4.69, 9.17) is 10.5 Å². The normalized spacial score (nSPS) is 11.6. The first-order valence-corrected chi connectivity index (χ1v) is 11.3. The molecule has 0 atom stereocenters. The summed E-state index contributed by atoms with van der Waals surface area (Å²) in [6.07, 6.45) is 20.5. The first-order chi connectivity index (χ1) is 13.2. The number of carbonyl (C=O) groups is 1. The van der Waals surface area contributed by atoms with Crippen LogP contribution in [0, 0.1) is 0 Å². The van der Waals surface area contributed by atoms with Crippen molar-refractivity contribution >= 4 is 11.9 Å². The Balaban J connectivity index is 3.16. The summed E-state index contributed by atoms with van der Waals surface area (Å²) < 4.78 is 5.14. The maximum Gasteiger partial charge on any atom is 0.305 e. The highest BCUT2D eigenvalue weighted by Crippen LogP contribution is 2.13. The zero-order valence-electron chi connectivity index (χ0n) is 18.1. The van der Waals surface area contributed by atoms with Gasteiger partial charge in [-0.1, -0.05) is 96.8 Å². The number of esters is 1. The smallest absolute Gasteiger partial charge is 0.305 e. The molecule has 160 valence electrons. The second-order valence-electron chi connectivity index (χ2n) is 7.46. The second kappa shape index (κ2) is 21.0. The van der Waals surface area contributed by atoms with Crippen molar-refractivity contribution in [3.8, 4) is 0 Å². The van der Waals surface area contributed by atoms with E-state index in [1.807, 2.05) is 0 Å². The van der Waals surface area contributed by atoms with E-state index in [2.05, 4.69) is 17.2 Å². The molecule has 0 saturated carbocycles. The van der Waals surface area contributed by atoms with Gasteiger partial charge in [-0.15, -0.1) is 0 Å². The van der Waals surface area contributed by atoms with E-state index in [0.29, 0.717) is 25.5 Å². The van der Waals surface area contributed by atoms with E-state index in [1.54, 1.807) is 7.05 Å². The Morgan fingerprint density at radius 3 is 1.70 bits per heavy atom. The van der Waals surface area contributed by atoms with Crippen LogP contribution in [-0.4, -0.2) is 32.1 Å². The predicted octanol–water partition coefficient (Wildman–Crippen LogP) is 5.33. The molecule has 3 N–H and O–H groups in total. The Kier molecular flexibility index (Phi) is 20.1. The van der Waals surface area contributed by atoms with E-state index in [1.165, 1.54) is 83.5 Å². The third-order valence-electron chi connectivity index (χ3n) is 4.90. The zero-order chi connectivity index (χ0) is 20.0. The van der Waals surface area contributed by atoms with Gasteiger partial charge in [0.1, 0.15) is 6.61 Å². The molecule has 0 radical (unpaired) electrons. The van der Waals surface area contributed by atoms with Gasteiger partial charge in [-0.3, -0.25) is 9.79 Å². The highest BCUT2D eigenvalue weighted by Gasteiger charge is 2.02. The number of guanidine groups is 1. The average molecular weight is 384 g/mol. The Hall–Kier alpha value is -1.26. The summed E-state index contributed by atoms with van der Waals surface area (Å²) in [7, 11) is 1.62. The number of nitrogens with two attached hydrogens (primary N) is 1. The fourth-order valence-corrected chi connectivity index (χ4v) is 3.14. The molecule has 0 amide bonds. The van der Waals surface area contributed by atoms with Crippen LogP contribution >= 0.6 is 0 Å². The van der Waals surface area contributed by atoms with Gasteiger partial charge >= 0.3 is 5.97 Å². The topological polar surface area (TPSA) is 76.7 Å². The summed E-state index contributed by atoms with van der Waals surface area (Å²) in [5.74, 6) is 0.256. The number of unbranched alkanes of at least 4 members (excludes halogenated alkanes) is 14. The van der Waals surface area contributed by atoms with E-state index in [0.717, 1.165) is 12.8 Å². The third-order valence-corrected chi connectivity index (χ3v) is 4.90. The molecule has 0 spiro atoms. The van der Waals surface area contributed by atoms with Crippen molar-refractivity contribution in [2.75, 3.05) is 20.2 Å². The molecule has 0 aliphatic carbocycles. The number of ether oxygens (including phenoxy) is 1. The average Bonchev–Trinajstić information content (AvgIpc) is 2.68. The minimum atomic E-state index is -0.112. The van der Waals surface area contributed by atoms with Crippen molar-refractivity contribution in [2.24, 2.45) is 10.7 Å². The molecule has 0 heterocycles. The molecule has 0 bridgehead atoms. The van der Waals surface area contributed by atoms with Crippen molar-refractivity contribution in [3.63, 3.8) is 0 Å². The van der Waals surface area contributed by atoms with Crippen molar-refractivity contribution < 1.29 is 9.53 Å². The molecule has 0 aromatic heterocycles. The predicted molar refractivity (Wildman–Crippen MR) is 116 cm³/mol. The van der Waals surface area contributed by atoms with Crippen LogP contribution in [-0.2, 0) is 9.53 Å². The summed E-state index contributed by atoms with van der Waals surface area (Å²) in [5, 5.41) is 2.86. The van der Waals surface area contributed by atoms with Crippen LogP contribution in [0.4, 0.5) is 0 Å². The fraction of sp³-hybridized carbons (Fsp3) is 0.909. The Labute approximate surface area is 167 Å². The first-order valence-electron chi connectivity index (χ1n) is 11.3. The quantitative estimate of drug-likeness (QED) is 0.137. The van der Waals surface area contributed by atoms with Crippen LogP contribution in [0.1, 0.15) is 110 Å². The molecule has 0 aliphatic heterocycles. The lowest BCUT2D eigenvalue weighted by atomic mass is 10.0. The van der Waals surface area contributed by atoms with Crippen LogP contribution in [0.25, 0.3) is 0 Å². The fourth-order valence-electron chi connectivity index (χ4n) is 3.14. The lowest BCUT2D eigenvalue weighted by Crippen LogP contribution is -2.34. The molecule has 27 heavy (non-hydrogen) atoms. The molecule has 0 aliphatic rings. The third kappa shape index (κ3) is 20.9. The number of hydrogen-bond donors (Lipinski definition) is 2. The highest BCUT2D eigenvalue weighted by atomic mass is 16.5. The molecular formula is C22H45N3O2. The summed E-state index contributed by atoms with van der Waals surface area (Å²) in [4.78, 5) is 15.3. The highest BCUT2D eigenvalue weighted by molar-refractivity contribution is 5.77. The Bertz CT molecular complexity index is 359. The lowest BCUT2D eigenvalue weighted by molar-refractivity contribution is -0.143. The van der Waals surface area contributed by atoms with Crippen LogP contribution in [0.2, 0.25) is 0 Å². The Morgan fingerprint density at radius 1 is 0.815 bits per heavy atom. The number of carbonyl (C=O) groups excluding carboxylic acids is 1. The SMILES string of the molecule is CCCCCCCCCCCCCCCCCC(=O)OCCNC(N)=NC. The van der Waals surface area contributed by atoms with Crippen molar-refractivity contribution in [2.45, 2.75) is 110 Å². The van der Waals surface area contributed by atoms with Gasteiger partial charge in [0.15, 0.2) is 5.96 Å². The van der Waals surface area contributed by atoms with Gasteiger partial charge in [-0.25, -0.2) is 0 Å². The second-order valence-corrected chi connectivity index (χ2v) is 7.46. The van der Waals surface area contributed by atoms with Gasteiger partial charge in [-0.05, 0) is 6.42 Å². The van der Waals surface area contributed by atoms with Gasteiger partial charge in [0.2, 0.25) is 0 Å². The van der Waals surface area contributed by atoms with E-state index in [-0.39, 0.29) is 5.97 Å². The Morgan fingerprint density at radius 2 is 1.26 bits per heavy atom. The van der Waals surface area contributed by atoms with Gasteiger partial charge in [-0.2, -0.15) is 0 Å². The van der Waals surface area contributed by atoms with Crippen LogP contribution in [0.3, 0.4) is 0 Å². The summed E-state index contributed by atoms with van der Waals surface area (Å²) in [6, 6.07) is 0. The standard InChI is InChI=1S/C22H45N3O2/c1-3-4-5-6-7-8-9-10-11-12-13-14-15-16-17-18-21(26)27-20-19-25-22(23)24-2/h3-20H2,1-2H3,(H3,23,24,25). The summed E-state index contributed by atoms with van der Waals surface area (Å²) >= 11 is 0. The van der Waals surface area contributed by atoms with Gasteiger partial charge in [0.05, 0.1) is 6.54 Å². The molecule has 0 aromatic rings. The molecule has 0 unspecified atom stereocenters. The molecule has 5 nitrogen and oxygen atoms in total. The minimum Gasteiger partial charge on any atom is -0.464 e. The van der Waals surface area contributed by atoms with Crippen molar-refractivity contribution in [1.29, 1.82) is 0 Å². The number of nitrogens with zero attached hydrogens (tertiary/aromatic N) is 1. The molecule has 5 heteroatoms. The number of nitrogens with one attached hydrogen (secondary N) is 1. The van der Waals surface area contributed by atoms with Crippen LogP contribution in [0.15, 0.2) is 4.99 Å². The van der Waals surface area contributed by atoms with Crippen molar-refractivity contribution in [1.82, 2.24) is 5.32 Å². The minimum absolute atomic E-state index is 0.112. The first kappa shape index (κ1) is 25.7. The van der Waals surface area contributed by atoms with E-state index >= 15 is 0 Å². The molecule has 0 aromatic carbocycles. The summed E-state index contributed by atoms with van der Waals surface area (Å²) in [5.41, 5.74) is 5.49. The molecular weight excluding hydrogens is 338 g/mol. The zero-order valence-corrected chi connectivity index (χ0v) is 18.1. The maximum absolute atomic E-state index is 11.6. The number of hydrogen-bond acceptors (Lipinski definition) is 3. The largest absolute Gasteiger partial charge is 0.464 e. The maximum atomic E-state index is 11.6. The number of aliphatic imine (C=N–C) groups is 1. The molecule has 0 fully saturated rings. The van der Waals surface area contributed by atoms with Gasteiger partial charge < -0.3 is 15.8 Å². The van der Waals surface area contributed by atoms with Crippen molar-refractivity contribution in [3.05, 3.63) is 0 Å². The van der Waals surface area contributed by atoms with E-state index in [9.17, 15) is 4.79 Å². The molecule has 0 rings (SSSR count). The molecule has 0 saturated heterocycles. The lowest BCUT2D eigenvalue weighted by Gasteiger charge is -2.06. The van der Waals surface area contributed by atoms with Crippen LogP contribution < -0.4 is 11.1 Å². The summed E-state index contributed by atoms with van der Waals surface area (Å²) in [6.45, 7) is 3.12. The number of rotatable bonds is 19. The van der Waals surface area contributed by atoms with E-state index < -0.39 is 0 Å². The van der Waals surface area contributed by atoms with Crippen LogP contribution in [0.5, 0.6) is 0 Å².